The number of carbonyl (C=O) groups is 2. The van der Waals surface area contributed by atoms with Crippen LogP contribution in [0, 0.1) is 0 Å². The molecule has 1 atom stereocenters. The molecule has 1 heterocycles. The second-order valence-electron chi connectivity index (χ2n) is 10.1. The van der Waals surface area contributed by atoms with Crippen LogP contribution in [0.25, 0.3) is 10.8 Å². The van der Waals surface area contributed by atoms with Crippen molar-refractivity contribution in [3.05, 3.63) is 83.4 Å². The lowest BCUT2D eigenvalue weighted by atomic mass is 9.69. The third-order valence-electron chi connectivity index (χ3n) is 7.88. The Labute approximate surface area is 215 Å². The first-order valence-electron chi connectivity index (χ1n) is 13.3. The summed E-state index contributed by atoms with van der Waals surface area (Å²) in [5, 5.41) is 2.68. The Balaban J connectivity index is 1.33. The van der Waals surface area contributed by atoms with Gasteiger partial charge in [-0.15, -0.1) is 0 Å². The van der Waals surface area contributed by atoms with Crippen LogP contribution in [0.3, 0.4) is 0 Å². The lowest BCUT2D eigenvalue weighted by Crippen LogP contribution is -2.41. The Hall–Kier alpha value is -2.98. The molecule has 0 spiro atoms. The topological polar surface area (TPSA) is 52.6 Å². The molecule has 1 aliphatic heterocycles. The Morgan fingerprint density at radius 3 is 2.39 bits per heavy atom. The Morgan fingerprint density at radius 2 is 1.64 bits per heavy atom. The fraction of sp³-hybridized carbons (Fsp3) is 0.438. The molecule has 36 heavy (non-hydrogen) atoms. The number of hydrogen-bond donors (Lipinski definition) is 0. The SMILES string of the molecule is COC(=O)CCC(=O)C1(c2ccc(CCCC[C@H](C)c3cccc4ccccc34)cc2)CCOCC1. The molecule has 0 N–H and O–H groups in total. The highest BCUT2D eigenvalue weighted by molar-refractivity contribution is 5.92. The molecule has 190 valence electrons. The van der Waals surface area contributed by atoms with E-state index in [1.807, 2.05) is 0 Å². The standard InChI is InChI=1S/C32H38O4/c1-24(28-13-7-11-26-10-5-6-12-29(26)28)8-3-4-9-25-14-16-27(17-15-25)32(20-22-36-23-21-32)30(33)18-19-31(34)35-2/h5-7,10-17,24H,3-4,8-9,18-23H2,1-2H3/t24-/m0/s1. The Bertz CT molecular complexity index is 1150. The maximum atomic E-state index is 13.2. The van der Waals surface area contributed by atoms with Crippen molar-refractivity contribution in [3.8, 4) is 0 Å². The summed E-state index contributed by atoms with van der Waals surface area (Å²) >= 11 is 0. The molecule has 1 aliphatic rings. The number of rotatable bonds is 11. The molecule has 4 heteroatoms. The number of unbranched alkanes of at least 4 members (excludes halogenated alkanes) is 1. The minimum Gasteiger partial charge on any atom is -0.469 e. The van der Waals surface area contributed by atoms with Gasteiger partial charge in [0, 0.05) is 19.6 Å². The molecule has 3 aromatic rings. The molecule has 0 radical (unpaired) electrons. The third kappa shape index (κ3) is 6.04. The second-order valence-corrected chi connectivity index (χ2v) is 10.1. The van der Waals surface area contributed by atoms with Gasteiger partial charge >= 0.3 is 5.97 Å². The van der Waals surface area contributed by atoms with E-state index in [0.29, 0.717) is 32.0 Å². The van der Waals surface area contributed by atoms with Gasteiger partial charge in [-0.1, -0.05) is 80.1 Å². The average molecular weight is 487 g/mol. The summed E-state index contributed by atoms with van der Waals surface area (Å²) in [7, 11) is 1.36. The Morgan fingerprint density at radius 1 is 0.917 bits per heavy atom. The van der Waals surface area contributed by atoms with Crippen LogP contribution in [-0.2, 0) is 30.9 Å². The first-order valence-corrected chi connectivity index (χ1v) is 13.3. The fourth-order valence-corrected chi connectivity index (χ4v) is 5.61. The predicted octanol–water partition coefficient (Wildman–Crippen LogP) is 6.93. The van der Waals surface area contributed by atoms with Crippen LogP contribution in [-0.4, -0.2) is 32.1 Å². The molecule has 0 aliphatic carbocycles. The zero-order valence-corrected chi connectivity index (χ0v) is 21.6. The van der Waals surface area contributed by atoms with Crippen molar-refractivity contribution in [1.29, 1.82) is 0 Å². The number of ketones is 1. The van der Waals surface area contributed by atoms with Gasteiger partial charge in [-0.05, 0) is 65.5 Å². The molecule has 0 unspecified atom stereocenters. The summed E-state index contributed by atoms with van der Waals surface area (Å²) in [5.41, 5.74) is 3.24. The number of benzene rings is 3. The first kappa shape index (κ1) is 26.1. The van der Waals surface area contributed by atoms with E-state index in [2.05, 4.69) is 73.7 Å². The number of methoxy groups -OCH3 is 1. The average Bonchev–Trinajstić information content (AvgIpc) is 2.94. The lowest BCUT2D eigenvalue weighted by molar-refractivity contribution is -0.142. The Kier molecular flexibility index (Phi) is 8.93. The molecule has 3 aromatic carbocycles. The van der Waals surface area contributed by atoms with Crippen molar-refractivity contribution >= 4 is 22.5 Å². The van der Waals surface area contributed by atoms with Crippen LogP contribution < -0.4 is 0 Å². The van der Waals surface area contributed by atoms with Gasteiger partial charge in [0.1, 0.15) is 5.78 Å². The minimum atomic E-state index is -0.557. The zero-order valence-electron chi connectivity index (χ0n) is 21.6. The van der Waals surface area contributed by atoms with Gasteiger partial charge in [0.25, 0.3) is 0 Å². The van der Waals surface area contributed by atoms with Gasteiger partial charge in [0.05, 0.1) is 18.9 Å². The van der Waals surface area contributed by atoms with Crippen LogP contribution in [0.5, 0.6) is 0 Å². The molecule has 0 bridgehead atoms. The third-order valence-corrected chi connectivity index (χ3v) is 7.88. The van der Waals surface area contributed by atoms with Crippen LogP contribution in [0.1, 0.15) is 74.5 Å². The summed E-state index contributed by atoms with van der Waals surface area (Å²) < 4.78 is 10.3. The van der Waals surface area contributed by atoms with Crippen molar-refractivity contribution in [3.63, 3.8) is 0 Å². The molecule has 0 amide bonds. The van der Waals surface area contributed by atoms with E-state index in [9.17, 15) is 9.59 Å². The number of carbonyl (C=O) groups excluding carboxylic acids is 2. The van der Waals surface area contributed by atoms with E-state index in [1.54, 1.807) is 0 Å². The van der Waals surface area contributed by atoms with Crippen LogP contribution in [0.2, 0.25) is 0 Å². The summed E-state index contributed by atoms with van der Waals surface area (Å²) in [6.45, 7) is 3.47. The normalized spacial score (nSPS) is 15.9. The lowest BCUT2D eigenvalue weighted by Gasteiger charge is -2.36. The van der Waals surface area contributed by atoms with Crippen molar-refractivity contribution < 1.29 is 19.1 Å². The molecular formula is C32H38O4. The monoisotopic (exact) mass is 486 g/mol. The quantitative estimate of drug-likeness (QED) is 0.218. The van der Waals surface area contributed by atoms with Crippen molar-refractivity contribution in [2.45, 2.75) is 69.6 Å². The maximum absolute atomic E-state index is 13.2. The van der Waals surface area contributed by atoms with Crippen LogP contribution in [0.15, 0.2) is 66.7 Å². The molecule has 4 rings (SSSR count). The number of fused-ring (bicyclic) bond motifs is 1. The van der Waals surface area contributed by atoms with Gasteiger partial charge in [0.2, 0.25) is 0 Å². The van der Waals surface area contributed by atoms with Gasteiger partial charge in [-0.2, -0.15) is 0 Å². The van der Waals surface area contributed by atoms with E-state index in [0.717, 1.165) is 18.4 Å². The smallest absolute Gasteiger partial charge is 0.305 e. The van der Waals surface area contributed by atoms with Crippen LogP contribution >= 0.6 is 0 Å². The number of aryl methyl sites for hydroxylation is 1. The number of ether oxygens (including phenoxy) is 2. The van der Waals surface area contributed by atoms with Crippen molar-refractivity contribution in [2.24, 2.45) is 0 Å². The highest BCUT2D eigenvalue weighted by Gasteiger charge is 2.41. The van der Waals surface area contributed by atoms with E-state index < -0.39 is 5.41 Å². The summed E-state index contributed by atoms with van der Waals surface area (Å²) in [5.74, 6) is 0.310. The van der Waals surface area contributed by atoms with Gasteiger partial charge < -0.3 is 9.47 Å². The van der Waals surface area contributed by atoms with Gasteiger partial charge in [-0.3, -0.25) is 9.59 Å². The summed E-state index contributed by atoms with van der Waals surface area (Å²) in [6.07, 6.45) is 6.21. The molecule has 0 saturated carbocycles. The number of esters is 1. The summed E-state index contributed by atoms with van der Waals surface area (Å²) in [6, 6.07) is 23.9. The molecule has 1 fully saturated rings. The highest BCUT2D eigenvalue weighted by Crippen LogP contribution is 2.37. The number of Topliss-reactive ketones (excluding diaryl/α,β-unsaturated/α-hetero) is 1. The first-order chi connectivity index (χ1) is 17.5. The predicted molar refractivity (Wildman–Crippen MR) is 144 cm³/mol. The maximum Gasteiger partial charge on any atom is 0.305 e. The van der Waals surface area contributed by atoms with Crippen molar-refractivity contribution in [1.82, 2.24) is 0 Å². The largest absolute Gasteiger partial charge is 0.469 e. The fourth-order valence-electron chi connectivity index (χ4n) is 5.61. The van der Waals surface area contributed by atoms with E-state index in [1.165, 1.54) is 41.9 Å². The molecule has 0 aromatic heterocycles. The van der Waals surface area contributed by atoms with Crippen LogP contribution in [0.4, 0.5) is 0 Å². The van der Waals surface area contributed by atoms with Crippen molar-refractivity contribution in [2.75, 3.05) is 20.3 Å². The van der Waals surface area contributed by atoms with Gasteiger partial charge in [-0.25, -0.2) is 0 Å². The second kappa shape index (κ2) is 12.3. The molecule has 1 saturated heterocycles. The summed E-state index contributed by atoms with van der Waals surface area (Å²) in [4.78, 5) is 24.8. The molecular weight excluding hydrogens is 448 g/mol. The zero-order chi connectivity index (χ0) is 25.4. The van der Waals surface area contributed by atoms with E-state index >= 15 is 0 Å². The number of hydrogen-bond acceptors (Lipinski definition) is 4. The van der Waals surface area contributed by atoms with E-state index in [-0.39, 0.29) is 24.6 Å². The van der Waals surface area contributed by atoms with E-state index in [4.69, 9.17) is 9.47 Å². The van der Waals surface area contributed by atoms with Gasteiger partial charge in [0.15, 0.2) is 0 Å². The molecule has 4 nitrogen and oxygen atoms in total. The minimum absolute atomic E-state index is 0.117. The highest BCUT2D eigenvalue weighted by atomic mass is 16.5.